The molecule has 3 aromatic rings. The molecule has 0 atom stereocenters. The predicted octanol–water partition coefficient (Wildman–Crippen LogP) is 2.35. The molecule has 0 unspecified atom stereocenters. The van der Waals surface area contributed by atoms with Gasteiger partial charge in [0.25, 0.3) is 5.56 Å². The number of fused-ring (bicyclic) bond motifs is 1. The van der Waals surface area contributed by atoms with E-state index >= 15 is 0 Å². The molecule has 0 radical (unpaired) electrons. The van der Waals surface area contributed by atoms with Crippen molar-refractivity contribution in [3.8, 4) is 11.4 Å². The van der Waals surface area contributed by atoms with E-state index in [1.807, 2.05) is 32.0 Å². The van der Waals surface area contributed by atoms with Crippen LogP contribution in [0.25, 0.3) is 22.3 Å². The Labute approximate surface area is 144 Å². The van der Waals surface area contributed by atoms with Gasteiger partial charge in [-0.25, -0.2) is 0 Å². The summed E-state index contributed by atoms with van der Waals surface area (Å²) in [5.74, 6) is 0.514. The Balaban J connectivity index is 1.80. The molecule has 0 aliphatic rings. The molecule has 130 valence electrons. The van der Waals surface area contributed by atoms with Crippen molar-refractivity contribution in [2.75, 3.05) is 6.54 Å². The van der Waals surface area contributed by atoms with Crippen LogP contribution in [0.5, 0.6) is 0 Å². The maximum absolute atomic E-state index is 12.3. The number of amides is 1. The van der Waals surface area contributed by atoms with E-state index in [0.717, 1.165) is 22.9 Å². The van der Waals surface area contributed by atoms with Gasteiger partial charge >= 0.3 is 0 Å². The van der Waals surface area contributed by atoms with Gasteiger partial charge in [0.15, 0.2) is 0 Å². The van der Waals surface area contributed by atoms with E-state index in [-0.39, 0.29) is 23.7 Å². The summed E-state index contributed by atoms with van der Waals surface area (Å²) in [6.07, 6.45) is 1.50. The number of aromatic amines is 1. The van der Waals surface area contributed by atoms with Crippen LogP contribution in [0, 0.1) is 6.92 Å². The number of hydrogen-bond donors (Lipinski definition) is 2. The first-order valence-electron chi connectivity index (χ1n) is 8.30. The normalized spacial score (nSPS) is 11.0. The van der Waals surface area contributed by atoms with E-state index in [4.69, 9.17) is 4.52 Å². The molecule has 1 amide bonds. The minimum atomic E-state index is -0.269. The van der Waals surface area contributed by atoms with Gasteiger partial charge in [-0.15, -0.1) is 0 Å². The maximum atomic E-state index is 12.3. The number of H-pyrrole nitrogens is 1. The number of carbonyl (C=O) groups excluding carboxylic acids is 1. The van der Waals surface area contributed by atoms with Crippen molar-refractivity contribution in [3.05, 3.63) is 46.1 Å². The molecule has 25 heavy (non-hydrogen) atoms. The highest BCUT2D eigenvalue weighted by Gasteiger charge is 2.14. The minimum Gasteiger partial charge on any atom is -0.356 e. The monoisotopic (exact) mass is 340 g/mol. The van der Waals surface area contributed by atoms with E-state index < -0.39 is 0 Å². The lowest BCUT2D eigenvalue weighted by Crippen LogP contribution is -2.24. The van der Waals surface area contributed by atoms with Crippen molar-refractivity contribution < 1.29 is 9.32 Å². The first kappa shape index (κ1) is 16.9. The number of rotatable bonds is 6. The highest BCUT2D eigenvalue weighted by atomic mass is 16.5. The van der Waals surface area contributed by atoms with E-state index in [0.29, 0.717) is 24.4 Å². The fourth-order valence-corrected chi connectivity index (χ4v) is 2.59. The summed E-state index contributed by atoms with van der Waals surface area (Å²) >= 11 is 0. The molecule has 0 saturated heterocycles. The number of nitrogens with one attached hydrogen (secondary N) is 2. The number of nitrogens with zero attached hydrogens (tertiary/aromatic N) is 2. The van der Waals surface area contributed by atoms with Gasteiger partial charge in [-0.2, -0.15) is 4.98 Å². The molecule has 0 bridgehead atoms. The van der Waals surface area contributed by atoms with Gasteiger partial charge in [-0.3, -0.25) is 9.59 Å². The smallest absolute Gasteiger partial charge is 0.259 e. The van der Waals surface area contributed by atoms with Gasteiger partial charge < -0.3 is 14.8 Å². The molecule has 0 aliphatic carbocycles. The van der Waals surface area contributed by atoms with Gasteiger partial charge in [0.05, 0.1) is 11.1 Å². The van der Waals surface area contributed by atoms with Crippen LogP contribution >= 0.6 is 0 Å². The number of carbonyl (C=O) groups is 1. The Morgan fingerprint density at radius 3 is 3.00 bits per heavy atom. The lowest BCUT2D eigenvalue weighted by Gasteiger charge is -2.02. The average molecular weight is 340 g/mol. The molecule has 2 heterocycles. The Hall–Kier alpha value is -2.96. The van der Waals surface area contributed by atoms with Gasteiger partial charge in [0.1, 0.15) is 0 Å². The highest BCUT2D eigenvalue weighted by Crippen LogP contribution is 2.19. The van der Waals surface area contributed by atoms with E-state index in [9.17, 15) is 9.59 Å². The molecule has 0 aliphatic heterocycles. The molecule has 0 saturated carbocycles. The highest BCUT2D eigenvalue weighted by molar-refractivity contribution is 5.84. The molecule has 2 N–H and O–H groups in total. The van der Waals surface area contributed by atoms with Crippen molar-refractivity contribution in [3.63, 3.8) is 0 Å². The number of aryl methyl sites for hydroxylation is 2. The number of pyridine rings is 1. The zero-order chi connectivity index (χ0) is 17.8. The minimum absolute atomic E-state index is 0.0550. The van der Waals surface area contributed by atoms with Gasteiger partial charge in [0, 0.05) is 19.4 Å². The molecular weight excluding hydrogens is 320 g/mol. The Morgan fingerprint density at radius 2 is 2.20 bits per heavy atom. The summed E-state index contributed by atoms with van der Waals surface area (Å²) in [4.78, 5) is 31.1. The Morgan fingerprint density at radius 1 is 1.36 bits per heavy atom. The predicted molar refractivity (Wildman–Crippen MR) is 94.2 cm³/mol. The van der Waals surface area contributed by atoms with Crippen molar-refractivity contribution in [2.24, 2.45) is 0 Å². The second-order valence-electron chi connectivity index (χ2n) is 5.91. The van der Waals surface area contributed by atoms with Crippen molar-refractivity contribution >= 4 is 16.8 Å². The van der Waals surface area contributed by atoms with Crippen LogP contribution < -0.4 is 10.9 Å². The first-order chi connectivity index (χ1) is 12.1. The average Bonchev–Trinajstić information content (AvgIpc) is 3.07. The number of benzene rings is 1. The van der Waals surface area contributed by atoms with Crippen LogP contribution in [0.3, 0.4) is 0 Å². The molecule has 0 spiro atoms. The van der Waals surface area contributed by atoms with E-state index in [1.165, 1.54) is 0 Å². The summed E-state index contributed by atoms with van der Waals surface area (Å²) < 4.78 is 5.17. The van der Waals surface area contributed by atoms with Crippen molar-refractivity contribution in [1.82, 2.24) is 20.4 Å². The first-order valence-corrected chi connectivity index (χ1v) is 8.30. The van der Waals surface area contributed by atoms with Crippen LogP contribution in [0.15, 0.2) is 33.6 Å². The number of aromatic nitrogens is 3. The molecule has 7 nitrogen and oxygen atoms in total. The van der Waals surface area contributed by atoms with Crippen LogP contribution in [-0.4, -0.2) is 27.6 Å². The summed E-state index contributed by atoms with van der Waals surface area (Å²) in [6, 6.07) is 7.54. The van der Waals surface area contributed by atoms with Crippen LogP contribution in [0.4, 0.5) is 0 Å². The fourth-order valence-electron chi connectivity index (χ4n) is 2.59. The fraction of sp³-hybridized carbons (Fsp3) is 0.333. The van der Waals surface area contributed by atoms with E-state index in [2.05, 4.69) is 20.4 Å². The topological polar surface area (TPSA) is 101 Å². The molecule has 0 fully saturated rings. The van der Waals surface area contributed by atoms with E-state index in [1.54, 1.807) is 6.07 Å². The van der Waals surface area contributed by atoms with Crippen molar-refractivity contribution in [1.29, 1.82) is 0 Å². The second-order valence-corrected chi connectivity index (χ2v) is 5.91. The number of hydrogen-bond acceptors (Lipinski definition) is 5. The third-order valence-corrected chi connectivity index (χ3v) is 3.94. The van der Waals surface area contributed by atoms with Crippen LogP contribution in [0.2, 0.25) is 0 Å². The largest absolute Gasteiger partial charge is 0.356 e. The maximum Gasteiger partial charge on any atom is 0.259 e. The van der Waals surface area contributed by atoms with Crippen LogP contribution in [0.1, 0.15) is 31.2 Å². The third-order valence-electron chi connectivity index (χ3n) is 3.94. The summed E-state index contributed by atoms with van der Waals surface area (Å²) in [5, 5.41) is 7.57. The lowest BCUT2D eigenvalue weighted by molar-refractivity contribution is -0.121. The molecule has 2 aromatic heterocycles. The Kier molecular flexibility index (Phi) is 4.92. The third kappa shape index (κ3) is 3.76. The van der Waals surface area contributed by atoms with Gasteiger partial charge in [-0.1, -0.05) is 30.3 Å². The molecule has 7 heteroatoms. The summed E-state index contributed by atoms with van der Waals surface area (Å²) in [7, 11) is 0. The molecule has 1 aromatic carbocycles. The summed E-state index contributed by atoms with van der Waals surface area (Å²) in [5.41, 5.74) is 1.87. The van der Waals surface area contributed by atoms with Gasteiger partial charge in [-0.05, 0) is 30.4 Å². The zero-order valence-corrected chi connectivity index (χ0v) is 14.3. The second kappa shape index (κ2) is 7.29. The SMILES string of the molecule is CCCNC(=O)CCc1nc(-c2cc3cccc(C)c3[nH]c2=O)no1. The standard InChI is InChI=1S/C18H20N4O3/c1-3-9-19-14(23)7-8-15-20-17(22-25-15)13-10-12-6-4-5-11(2)16(12)21-18(13)24/h4-6,10H,3,7-9H2,1-2H3,(H,19,23)(H,21,24). The van der Waals surface area contributed by atoms with Crippen LogP contribution in [-0.2, 0) is 11.2 Å². The van der Waals surface area contributed by atoms with Gasteiger partial charge in [0.2, 0.25) is 17.6 Å². The Bertz CT molecular complexity index is 958. The van der Waals surface area contributed by atoms with Crippen molar-refractivity contribution in [2.45, 2.75) is 33.1 Å². The molecular formula is C18H20N4O3. The number of para-hydroxylation sites is 1. The summed E-state index contributed by atoms with van der Waals surface area (Å²) in [6.45, 7) is 4.58. The zero-order valence-electron chi connectivity index (χ0n) is 14.3. The quantitative estimate of drug-likeness (QED) is 0.717. The molecule has 3 rings (SSSR count). The lowest BCUT2D eigenvalue weighted by atomic mass is 10.1.